The van der Waals surface area contributed by atoms with Crippen molar-refractivity contribution >= 4 is 33.5 Å². The van der Waals surface area contributed by atoms with E-state index in [9.17, 15) is 14.0 Å². The monoisotopic (exact) mass is 337 g/mol. The molecule has 0 bridgehead atoms. The molecule has 2 rings (SSSR count). The minimum atomic E-state index is -1.15. The van der Waals surface area contributed by atoms with Gasteiger partial charge >= 0.3 is 5.97 Å². The van der Waals surface area contributed by atoms with E-state index >= 15 is 0 Å². The van der Waals surface area contributed by atoms with Crippen molar-refractivity contribution in [3.8, 4) is 0 Å². The van der Waals surface area contributed by atoms with Gasteiger partial charge in [0.2, 0.25) is 0 Å². The third-order valence-electron chi connectivity index (χ3n) is 2.59. The fraction of sp³-hybridized carbons (Fsp3) is 0. The lowest BCUT2D eigenvalue weighted by atomic mass is 10.1. The molecule has 0 aliphatic carbocycles. The van der Waals surface area contributed by atoms with E-state index < -0.39 is 17.7 Å². The summed E-state index contributed by atoms with van der Waals surface area (Å²) >= 11 is 3.19. The van der Waals surface area contributed by atoms with Crippen LogP contribution in [-0.4, -0.2) is 17.0 Å². The van der Waals surface area contributed by atoms with E-state index in [-0.39, 0.29) is 16.8 Å². The number of carboxylic acid groups (broad SMARTS) is 1. The molecule has 102 valence electrons. The van der Waals surface area contributed by atoms with Gasteiger partial charge in [-0.05, 0) is 52.3 Å². The summed E-state index contributed by atoms with van der Waals surface area (Å²) in [6, 6.07) is 9.52. The van der Waals surface area contributed by atoms with Crippen LogP contribution >= 0.6 is 15.9 Å². The predicted molar refractivity (Wildman–Crippen MR) is 75.5 cm³/mol. The second kappa shape index (κ2) is 5.83. The van der Waals surface area contributed by atoms with Gasteiger partial charge in [0.1, 0.15) is 5.82 Å². The molecule has 0 aliphatic rings. The van der Waals surface area contributed by atoms with Gasteiger partial charge in [-0.1, -0.05) is 6.07 Å². The molecule has 0 saturated heterocycles. The summed E-state index contributed by atoms with van der Waals surface area (Å²) < 4.78 is 13.2. The Kier molecular flexibility index (Phi) is 4.14. The van der Waals surface area contributed by atoms with Gasteiger partial charge in [-0.2, -0.15) is 0 Å². The average molecular weight is 338 g/mol. The van der Waals surface area contributed by atoms with Crippen molar-refractivity contribution in [3.63, 3.8) is 0 Å². The summed E-state index contributed by atoms with van der Waals surface area (Å²) in [6.45, 7) is 0. The van der Waals surface area contributed by atoms with Crippen molar-refractivity contribution in [2.75, 3.05) is 5.32 Å². The third-order valence-corrected chi connectivity index (χ3v) is 3.25. The molecule has 4 nitrogen and oxygen atoms in total. The molecule has 0 aliphatic heterocycles. The van der Waals surface area contributed by atoms with Gasteiger partial charge < -0.3 is 10.4 Å². The zero-order valence-electron chi connectivity index (χ0n) is 10.1. The first-order valence-corrected chi connectivity index (χ1v) is 6.37. The van der Waals surface area contributed by atoms with Crippen molar-refractivity contribution < 1.29 is 19.1 Å². The number of rotatable bonds is 3. The normalized spacial score (nSPS) is 10.1. The van der Waals surface area contributed by atoms with Crippen molar-refractivity contribution in [1.29, 1.82) is 0 Å². The highest BCUT2D eigenvalue weighted by atomic mass is 79.9. The first-order valence-electron chi connectivity index (χ1n) is 5.58. The molecule has 0 atom stereocenters. The standard InChI is InChI=1S/C14H9BrFNO3/c15-11-3-1-2-10(14(19)20)12(11)17-13(18)8-4-6-9(16)7-5-8/h1-7H,(H,17,18)(H,19,20). The number of carboxylic acids is 1. The van der Waals surface area contributed by atoms with E-state index in [1.807, 2.05) is 0 Å². The van der Waals surface area contributed by atoms with Crippen molar-refractivity contribution in [1.82, 2.24) is 0 Å². The molecule has 0 heterocycles. The molecule has 0 saturated carbocycles. The highest BCUT2D eigenvalue weighted by Gasteiger charge is 2.16. The zero-order chi connectivity index (χ0) is 14.7. The highest BCUT2D eigenvalue weighted by molar-refractivity contribution is 9.10. The Morgan fingerprint density at radius 1 is 1.10 bits per heavy atom. The zero-order valence-corrected chi connectivity index (χ0v) is 11.6. The van der Waals surface area contributed by atoms with E-state index in [2.05, 4.69) is 21.2 Å². The Balaban J connectivity index is 2.32. The van der Waals surface area contributed by atoms with E-state index in [0.29, 0.717) is 4.47 Å². The van der Waals surface area contributed by atoms with Crippen LogP contribution in [0.25, 0.3) is 0 Å². The van der Waals surface area contributed by atoms with Gasteiger partial charge in [-0.15, -0.1) is 0 Å². The quantitative estimate of drug-likeness (QED) is 0.900. The number of amides is 1. The molecule has 0 radical (unpaired) electrons. The average Bonchev–Trinajstić information content (AvgIpc) is 2.41. The number of nitrogens with one attached hydrogen (secondary N) is 1. The maximum Gasteiger partial charge on any atom is 0.337 e. The van der Waals surface area contributed by atoms with Gasteiger partial charge in [0.15, 0.2) is 0 Å². The van der Waals surface area contributed by atoms with E-state index in [0.717, 1.165) is 12.1 Å². The van der Waals surface area contributed by atoms with Crippen LogP contribution in [0.1, 0.15) is 20.7 Å². The number of benzene rings is 2. The number of carbonyl (C=O) groups excluding carboxylic acids is 1. The number of halogens is 2. The molecule has 0 fully saturated rings. The summed E-state index contributed by atoms with van der Waals surface area (Å²) in [6.07, 6.45) is 0. The lowest BCUT2D eigenvalue weighted by Crippen LogP contribution is -2.15. The maximum atomic E-state index is 12.8. The Labute approximate surface area is 122 Å². The molecule has 0 spiro atoms. The summed E-state index contributed by atoms with van der Waals surface area (Å²) in [4.78, 5) is 23.1. The number of hydrogen-bond acceptors (Lipinski definition) is 2. The molecule has 6 heteroatoms. The second-order valence-corrected chi connectivity index (χ2v) is 4.78. The van der Waals surface area contributed by atoms with Crippen molar-refractivity contribution in [3.05, 3.63) is 63.9 Å². The smallest absolute Gasteiger partial charge is 0.337 e. The van der Waals surface area contributed by atoms with E-state index in [1.165, 1.54) is 18.2 Å². The minimum absolute atomic E-state index is 0.0326. The van der Waals surface area contributed by atoms with E-state index in [4.69, 9.17) is 5.11 Å². The largest absolute Gasteiger partial charge is 0.478 e. The SMILES string of the molecule is O=C(Nc1c(Br)cccc1C(=O)O)c1ccc(F)cc1. The lowest BCUT2D eigenvalue weighted by molar-refractivity contribution is 0.0698. The first kappa shape index (κ1) is 14.2. The molecular weight excluding hydrogens is 329 g/mol. The molecule has 2 N–H and O–H groups in total. The van der Waals surface area contributed by atoms with Crippen LogP contribution in [0.4, 0.5) is 10.1 Å². The Hall–Kier alpha value is -2.21. The molecule has 20 heavy (non-hydrogen) atoms. The van der Waals surface area contributed by atoms with Gasteiger partial charge in [-0.3, -0.25) is 4.79 Å². The fourth-order valence-corrected chi connectivity index (χ4v) is 2.08. The Bertz CT molecular complexity index is 671. The van der Waals surface area contributed by atoms with Crippen LogP contribution in [-0.2, 0) is 0 Å². The molecule has 2 aromatic carbocycles. The second-order valence-electron chi connectivity index (χ2n) is 3.93. The number of carbonyl (C=O) groups is 2. The summed E-state index contributed by atoms with van der Waals surface area (Å²) in [5.41, 5.74) is 0.364. The van der Waals surface area contributed by atoms with Gasteiger partial charge in [0.25, 0.3) is 5.91 Å². The van der Waals surface area contributed by atoms with Crippen LogP contribution in [0.2, 0.25) is 0 Å². The van der Waals surface area contributed by atoms with Crippen LogP contribution in [0.3, 0.4) is 0 Å². The summed E-state index contributed by atoms with van der Waals surface area (Å²) in [5.74, 6) is -2.12. The predicted octanol–water partition coefficient (Wildman–Crippen LogP) is 3.54. The Morgan fingerprint density at radius 2 is 1.75 bits per heavy atom. The molecule has 0 aromatic heterocycles. The lowest BCUT2D eigenvalue weighted by Gasteiger charge is -2.10. The van der Waals surface area contributed by atoms with Crippen LogP contribution < -0.4 is 5.32 Å². The molecule has 2 aromatic rings. The van der Waals surface area contributed by atoms with Gasteiger partial charge in [-0.25, -0.2) is 9.18 Å². The number of para-hydroxylation sites is 1. The minimum Gasteiger partial charge on any atom is -0.478 e. The van der Waals surface area contributed by atoms with Crippen LogP contribution in [0, 0.1) is 5.82 Å². The van der Waals surface area contributed by atoms with Gasteiger partial charge in [0.05, 0.1) is 11.3 Å². The molecule has 1 amide bonds. The number of aromatic carboxylic acids is 1. The number of hydrogen-bond donors (Lipinski definition) is 2. The van der Waals surface area contributed by atoms with Crippen LogP contribution in [0.5, 0.6) is 0 Å². The maximum absolute atomic E-state index is 12.8. The van der Waals surface area contributed by atoms with Crippen molar-refractivity contribution in [2.24, 2.45) is 0 Å². The molecule has 0 unspecified atom stereocenters. The highest BCUT2D eigenvalue weighted by Crippen LogP contribution is 2.27. The first-order chi connectivity index (χ1) is 9.49. The van der Waals surface area contributed by atoms with E-state index in [1.54, 1.807) is 12.1 Å². The molecular formula is C14H9BrFNO3. The fourth-order valence-electron chi connectivity index (χ4n) is 1.62. The van der Waals surface area contributed by atoms with Gasteiger partial charge in [0, 0.05) is 10.0 Å². The summed E-state index contributed by atoms with van der Waals surface area (Å²) in [5, 5.41) is 11.6. The summed E-state index contributed by atoms with van der Waals surface area (Å²) in [7, 11) is 0. The number of anilines is 1. The topological polar surface area (TPSA) is 66.4 Å². The third kappa shape index (κ3) is 3.03. The Morgan fingerprint density at radius 3 is 2.35 bits per heavy atom. The van der Waals surface area contributed by atoms with Crippen molar-refractivity contribution in [2.45, 2.75) is 0 Å². The van der Waals surface area contributed by atoms with Crippen LogP contribution in [0.15, 0.2) is 46.9 Å².